The lowest BCUT2D eigenvalue weighted by atomic mass is 10.1. The highest BCUT2D eigenvalue weighted by molar-refractivity contribution is 7.89. The summed E-state index contributed by atoms with van der Waals surface area (Å²) in [6.07, 6.45) is -0.276. The second-order valence-corrected chi connectivity index (χ2v) is 9.05. The van der Waals surface area contributed by atoms with Crippen LogP contribution in [0.25, 0.3) is 0 Å². The summed E-state index contributed by atoms with van der Waals surface area (Å²) in [6.45, 7) is 10.4. The number of rotatable bonds is 5. The normalized spacial score (nSPS) is 23.4. The van der Waals surface area contributed by atoms with Crippen LogP contribution in [0.15, 0.2) is 29.2 Å². The standard InChI is InChI=1S/C18H28N2O4S/c1-12(2)15(5)19-18(21)16-6-8-17(9-7-16)25(22,23)20-10-13(3)24-14(4)11-20/h6-9,12-15H,10-11H2,1-5H3,(H,19,21)/t13-,14+,15-/m0/s1. The molecule has 140 valence electrons. The number of benzene rings is 1. The predicted octanol–water partition coefficient (Wildman–Crippen LogP) is 2.26. The van der Waals surface area contributed by atoms with Gasteiger partial charge < -0.3 is 10.1 Å². The van der Waals surface area contributed by atoms with Gasteiger partial charge in [-0.05, 0) is 51.0 Å². The molecular formula is C18H28N2O4S. The van der Waals surface area contributed by atoms with Gasteiger partial charge in [0.2, 0.25) is 10.0 Å². The Morgan fingerprint density at radius 3 is 2.12 bits per heavy atom. The molecule has 25 heavy (non-hydrogen) atoms. The molecule has 6 nitrogen and oxygen atoms in total. The number of amides is 1. The summed E-state index contributed by atoms with van der Waals surface area (Å²) in [7, 11) is -3.59. The highest BCUT2D eigenvalue weighted by atomic mass is 32.2. The first-order chi connectivity index (χ1) is 11.6. The van der Waals surface area contributed by atoms with Crippen molar-refractivity contribution in [3.05, 3.63) is 29.8 Å². The minimum absolute atomic E-state index is 0.0484. The molecule has 0 spiro atoms. The van der Waals surface area contributed by atoms with E-state index in [2.05, 4.69) is 5.32 Å². The first-order valence-electron chi connectivity index (χ1n) is 8.67. The van der Waals surface area contributed by atoms with E-state index in [9.17, 15) is 13.2 Å². The molecule has 0 unspecified atom stereocenters. The number of nitrogens with one attached hydrogen (secondary N) is 1. The van der Waals surface area contributed by atoms with Crippen LogP contribution in [0, 0.1) is 5.92 Å². The van der Waals surface area contributed by atoms with Gasteiger partial charge in [0.25, 0.3) is 5.91 Å². The second-order valence-electron chi connectivity index (χ2n) is 7.11. The van der Waals surface area contributed by atoms with Crippen molar-refractivity contribution in [2.24, 2.45) is 5.92 Å². The third-order valence-electron chi connectivity index (χ3n) is 4.50. The van der Waals surface area contributed by atoms with Gasteiger partial charge in [0.05, 0.1) is 17.1 Å². The summed E-state index contributed by atoms with van der Waals surface area (Å²) in [4.78, 5) is 12.4. The monoisotopic (exact) mass is 368 g/mol. The fourth-order valence-corrected chi connectivity index (χ4v) is 4.30. The highest BCUT2D eigenvalue weighted by Gasteiger charge is 2.32. The molecule has 0 bridgehead atoms. The lowest BCUT2D eigenvalue weighted by Crippen LogP contribution is -2.48. The lowest BCUT2D eigenvalue weighted by molar-refractivity contribution is -0.0440. The number of carbonyl (C=O) groups excluding carboxylic acids is 1. The first-order valence-corrected chi connectivity index (χ1v) is 10.1. The smallest absolute Gasteiger partial charge is 0.251 e. The van der Waals surface area contributed by atoms with Gasteiger partial charge in [0, 0.05) is 24.7 Å². The molecule has 1 fully saturated rings. The Morgan fingerprint density at radius 2 is 1.64 bits per heavy atom. The Labute approximate surface area is 150 Å². The Morgan fingerprint density at radius 1 is 1.12 bits per heavy atom. The third-order valence-corrected chi connectivity index (χ3v) is 6.35. The van der Waals surface area contributed by atoms with Gasteiger partial charge >= 0.3 is 0 Å². The molecule has 7 heteroatoms. The molecule has 1 aliphatic heterocycles. The molecule has 0 saturated carbocycles. The number of morpholine rings is 1. The van der Waals surface area contributed by atoms with Gasteiger partial charge in [-0.25, -0.2) is 8.42 Å². The predicted molar refractivity (Wildman–Crippen MR) is 97.0 cm³/mol. The number of carbonyl (C=O) groups is 1. The lowest BCUT2D eigenvalue weighted by Gasteiger charge is -2.34. The van der Waals surface area contributed by atoms with E-state index in [0.29, 0.717) is 24.6 Å². The molecule has 0 aliphatic carbocycles. The Kier molecular flexibility index (Phi) is 6.24. The fourth-order valence-electron chi connectivity index (χ4n) is 2.71. The summed E-state index contributed by atoms with van der Waals surface area (Å²) in [5.41, 5.74) is 0.454. The highest BCUT2D eigenvalue weighted by Crippen LogP contribution is 2.21. The zero-order chi connectivity index (χ0) is 18.8. The first kappa shape index (κ1) is 19.9. The van der Waals surface area contributed by atoms with E-state index in [4.69, 9.17) is 4.74 Å². The van der Waals surface area contributed by atoms with Crippen LogP contribution in [0.3, 0.4) is 0 Å². The van der Waals surface area contributed by atoms with Crippen LogP contribution in [-0.4, -0.2) is 50.0 Å². The SMILES string of the molecule is CC(C)[C@H](C)NC(=O)c1ccc(S(=O)(=O)N2C[C@@H](C)O[C@@H](C)C2)cc1. The van der Waals surface area contributed by atoms with E-state index in [1.807, 2.05) is 34.6 Å². The van der Waals surface area contributed by atoms with Crippen LogP contribution in [0.2, 0.25) is 0 Å². The molecule has 1 aliphatic rings. The molecule has 0 aromatic heterocycles. The molecule has 1 heterocycles. The van der Waals surface area contributed by atoms with Gasteiger partial charge in [-0.2, -0.15) is 4.31 Å². The number of ether oxygens (including phenoxy) is 1. The molecule has 1 saturated heterocycles. The summed E-state index contributed by atoms with van der Waals surface area (Å²) in [5, 5.41) is 2.91. The minimum atomic E-state index is -3.59. The number of hydrogen-bond acceptors (Lipinski definition) is 4. The van der Waals surface area contributed by atoms with E-state index < -0.39 is 10.0 Å². The quantitative estimate of drug-likeness (QED) is 0.865. The third kappa shape index (κ3) is 4.80. The molecule has 1 N–H and O–H groups in total. The van der Waals surface area contributed by atoms with Crippen molar-refractivity contribution in [1.29, 1.82) is 0 Å². The van der Waals surface area contributed by atoms with E-state index in [1.165, 1.54) is 16.4 Å². The number of sulfonamides is 1. The molecule has 3 atom stereocenters. The largest absolute Gasteiger partial charge is 0.373 e. The van der Waals surface area contributed by atoms with Crippen molar-refractivity contribution < 1.29 is 17.9 Å². The molecule has 1 amide bonds. The minimum Gasteiger partial charge on any atom is -0.373 e. The van der Waals surface area contributed by atoms with Gasteiger partial charge in [0.15, 0.2) is 0 Å². The van der Waals surface area contributed by atoms with E-state index in [-0.39, 0.29) is 29.1 Å². The van der Waals surface area contributed by atoms with Crippen LogP contribution < -0.4 is 5.32 Å². The molecule has 1 aromatic carbocycles. The van der Waals surface area contributed by atoms with Crippen molar-refractivity contribution in [2.75, 3.05) is 13.1 Å². The number of nitrogens with zero attached hydrogens (tertiary/aromatic N) is 1. The second kappa shape index (κ2) is 7.85. The van der Waals surface area contributed by atoms with Gasteiger partial charge in [-0.3, -0.25) is 4.79 Å². The van der Waals surface area contributed by atoms with Crippen molar-refractivity contribution >= 4 is 15.9 Å². The van der Waals surface area contributed by atoms with Crippen molar-refractivity contribution in [1.82, 2.24) is 9.62 Å². The average Bonchev–Trinajstić information content (AvgIpc) is 2.53. The zero-order valence-electron chi connectivity index (χ0n) is 15.5. The summed E-state index contributed by atoms with van der Waals surface area (Å²) >= 11 is 0. The molecule has 2 rings (SSSR count). The molecular weight excluding hydrogens is 340 g/mol. The van der Waals surface area contributed by atoms with E-state index in [0.717, 1.165) is 0 Å². The number of hydrogen-bond donors (Lipinski definition) is 1. The Bertz CT molecular complexity index is 690. The topological polar surface area (TPSA) is 75.7 Å². The maximum Gasteiger partial charge on any atom is 0.251 e. The summed E-state index contributed by atoms with van der Waals surface area (Å²) in [6, 6.07) is 6.15. The summed E-state index contributed by atoms with van der Waals surface area (Å²) < 4.78 is 32.6. The fraction of sp³-hybridized carbons (Fsp3) is 0.611. The maximum absolute atomic E-state index is 12.8. The van der Waals surface area contributed by atoms with Crippen LogP contribution in [0.1, 0.15) is 45.0 Å². The van der Waals surface area contributed by atoms with Gasteiger partial charge in [-0.1, -0.05) is 13.8 Å². The Hall–Kier alpha value is -1.44. The maximum atomic E-state index is 12.8. The van der Waals surface area contributed by atoms with E-state index in [1.54, 1.807) is 12.1 Å². The Balaban J connectivity index is 2.14. The van der Waals surface area contributed by atoms with E-state index >= 15 is 0 Å². The van der Waals surface area contributed by atoms with Crippen molar-refractivity contribution in [2.45, 2.75) is 57.8 Å². The zero-order valence-corrected chi connectivity index (χ0v) is 16.3. The summed E-state index contributed by atoms with van der Waals surface area (Å²) in [5.74, 6) is 0.132. The van der Waals surface area contributed by atoms with Gasteiger partial charge in [0.1, 0.15) is 0 Å². The van der Waals surface area contributed by atoms with Crippen molar-refractivity contribution in [3.63, 3.8) is 0 Å². The van der Waals surface area contributed by atoms with Crippen LogP contribution in [0.4, 0.5) is 0 Å². The van der Waals surface area contributed by atoms with Gasteiger partial charge in [-0.15, -0.1) is 0 Å². The van der Waals surface area contributed by atoms with Crippen molar-refractivity contribution in [3.8, 4) is 0 Å². The molecule has 1 aromatic rings. The van der Waals surface area contributed by atoms with Crippen LogP contribution in [-0.2, 0) is 14.8 Å². The van der Waals surface area contributed by atoms with Crippen LogP contribution >= 0.6 is 0 Å². The molecule has 0 radical (unpaired) electrons. The average molecular weight is 368 g/mol. The van der Waals surface area contributed by atoms with Crippen LogP contribution in [0.5, 0.6) is 0 Å².